The number of halogens is 2. The normalized spacial score (nSPS) is 15.5. The molecule has 3 rings (SSSR count). The Morgan fingerprint density at radius 3 is 2.86 bits per heavy atom. The molecule has 0 aliphatic heterocycles. The Kier molecular flexibility index (Phi) is 3.63. The van der Waals surface area contributed by atoms with Gasteiger partial charge in [-0.1, -0.05) is 5.16 Å². The van der Waals surface area contributed by atoms with Crippen molar-refractivity contribution in [3.8, 4) is 0 Å². The lowest BCUT2D eigenvalue weighted by Gasteiger charge is -2.06. The Bertz CT molecular complexity index is 780. The van der Waals surface area contributed by atoms with Crippen molar-refractivity contribution in [1.82, 2.24) is 14.9 Å². The van der Waals surface area contributed by atoms with E-state index in [0.717, 1.165) is 29.9 Å². The summed E-state index contributed by atoms with van der Waals surface area (Å²) < 4.78 is 57.7. The van der Waals surface area contributed by atoms with E-state index in [1.165, 1.54) is 0 Å². The van der Waals surface area contributed by atoms with Crippen molar-refractivity contribution in [3.63, 3.8) is 0 Å². The quantitative estimate of drug-likeness (QED) is 0.875. The molecule has 0 unspecified atom stereocenters. The largest absolute Gasteiger partial charge is 0.359 e. The zero-order valence-corrected chi connectivity index (χ0v) is 12.5. The molecule has 1 aliphatic rings. The predicted octanol–water partition coefficient (Wildman–Crippen LogP) is 2.12. The SMILES string of the molecule is Cc1noc(C2CC2)c1NS(=O)(=O)c1cnn(CC(F)F)c1. The summed E-state index contributed by atoms with van der Waals surface area (Å²) in [6.45, 7) is 0.975. The second kappa shape index (κ2) is 5.34. The van der Waals surface area contributed by atoms with Crippen LogP contribution in [0, 0.1) is 6.92 Å². The molecule has 0 spiro atoms. The molecule has 0 radical (unpaired) electrons. The van der Waals surface area contributed by atoms with E-state index in [4.69, 9.17) is 4.52 Å². The summed E-state index contributed by atoms with van der Waals surface area (Å²) in [5.41, 5.74) is 0.759. The second-order valence-electron chi connectivity index (χ2n) is 5.18. The van der Waals surface area contributed by atoms with Crippen LogP contribution in [-0.2, 0) is 16.6 Å². The first kappa shape index (κ1) is 14.9. The van der Waals surface area contributed by atoms with Gasteiger partial charge in [0.1, 0.15) is 22.8 Å². The van der Waals surface area contributed by atoms with Crippen molar-refractivity contribution in [2.24, 2.45) is 0 Å². The number of rotatable bonds is 6. The molecule has 22 heavy (non-hydrogen) atoms. The van der Waals surface area contributed by atoms with Crippen LogP contribution in [0.5, 0.6) is 0 Å². The molecular weight excluding hydrogens is 318 g/mol. The third kappa shape index (κ3) is 2.96. The van der Waals surface area contributed by atoms with Gasteiger partial charge in [-0.2, -0.15) is 5.10 Å². The summed E-state index contributed by atoms with van der Waals surface area (Å²) in [5, 5.41) is 7.40. The zero-order valence-electron chi connectivity index (χ0n) is 11.7. The fraction of sp³-hybridized carbons (Fsp3) is 0.500. The van der Waals surface area contributed by atoms with Crippen LogP contribution in [0.25, 0.3) is 0 Å². The number of alkyl halides is 2. The standard InChI is InChI=1S/C12H14F2N4O3S/c1-7-11(12(21-16-7)8-2-3-8)17-22(19,20)9-4-15-18(5-9)6-10(13)14/h4-5,8,10,17H,2-3,6H2,1H3. The van der Waals surface area contributed by atoms with Crippen molar-refractivity contribution >= 4 is 15.7 Å². The van der Waals surface area contributed by atoms with E-state index in [9.17, 15) is 17.2 Å². The molecule has 0 amide bonds. The number of nitrogens with one attached hydrogen (secondary N) is 1. The van der Waals surface area contributed by atoms with E-state index in [1.807, 2.05) is 0 Å². The Balaban J connectivity index is 1.84. The number of sulfonamides is 1. The van der Waals surface area contributed by atoms with Gasteiger partial charge in [0.25, 0.3) is 16.4 Å². The van der Waals surface area contributed by atoms with Crippen molar-refractivity contribution < 1.29 is 21.7 Å². The van der Waals surface area contributed by atoms with Gasteiger partial charge in [-0.15, -0.1) is 0 Å². The van der Waals surface area contributed by atoms with Gasteiger partial charge in [0.2, 0.25) is 0 Å². The molecule has 7 nitrogen and oxygen atoms in total. The third-order valence-electron chi connectivity index (χ3n) is 3.32. The molecule has 2 aromatic heterocycles. The summed E-state index contributed by atoms with van der Waals surface area (Å²) >= 11 is 0. The van der Waals surface area contributed by atoms with Gasteiger partial charge in [-0.05, 0) is 19.8 Å². The van der Waals surface area contributed by atoms with Crippen LogP contribution in [0.15, 0.2) is 21.8 Å². The fourth-order valence-corrected chi connectivity index (χ4v) is 3.13. The third-order valence-corrected chi connectivity index (χ3v) is 4.62. The molecule has 1 fully saturated rings. The fourth-order valence-electron chi connectivity index (χ4n) is 2.05. The summed E-state index contributed by atoms with van der Waals surface area (Å²) in [6.07, 6.45) is 1.34. The minimum absolute atomic E-state index is 0.181. The Morgan fingerprint density at radius 1 is 1.50 bits per heavy atom. The summed E-state index contributed by atoms with van der Waals surface area (Å²) in [4.78, 5) is -0.185. The predicted molar refractivity (Wildman–Crippen MR) is 72.3 cm³/mol. The number of nitrogens with zero attached hydrogens (tertiary/aromatic N) is 3. The molecule has 0 saturated heterocycles. The second-order valence-corrected chi connectivity index (χ2v) is 6.86. The number of hydrogen-bond donors (Lipinski definition) is 1. The number of aromatic nitrogens is 3. The highest BCUT2D eigenvalue weighted by molar-refractivity contribution is 7.92. The molecule has 1 aliphatic carbocycles. The van der Waals surface area contributed by atoms with Gasteiger partial charge < -0.3 is 4.52 Å². The van der Waals surface area contributed by atoms with Crippen LogP contribution in [0.4, 0.5) is 14.5 Å². The molecule has 2 heterocycles. The van der Waals surface area contributed by atoms with Crippen molar-refractivity contribution in [2.45, 2.75) is 43.5 Å². The average molecular weight is 332 g/mol. The van der Waals surface area contributed by atoms with Gasteiger partial charge >= 0.3 is 0 Å². The van der Waals surface area contributed by atoms with Crippen molar-refractivity contribution in [2.75, 3.05) is 4.72 Å². The maximum atomic E-state index is 12.3. The highest BCUT2D eigenvalue weighted by Gasteiger charge is 2.33. The van der Waals surface area contributed by atoms with Crippen molar-refractivity contribution in [1.29, 1.82) is 0 Å². The lowest BCUT2D eigenvalue weighted by Crippen LogP contribution is -2.14. The topological polar surface area (TPSA) is 90.0 Å². The van der Waals surface area contributed by atoms with Gasteiger partial charge in [-0.3, -0.25) is 9.40 Å². The molecule has 0 bridgehead atoms. The maximum Gasteiger partial charge on any atom is 0.265 e. The van der Waals surface area contributed by atoms with E-state index in [1.54, 1.807) is 6.92 Å². The van der Waals surface area contributed by atoms with Gasteiger partial charge in [-0.25, -0.2) is 17.2 Å². The van der Waals surface area contributed by atoms with E-state index < -0.39 is 23.0 Å². The lowest BCUT2D eigenvalue weighted by atomic mass is 10.2. The Labute approximate surface area is 125 Å². The molecule has 10 heteroatoms. The monoisotopic (exact) mass is 332 g/mol. The molecular formula is C12H14F2N4O3S. The van der Waals surface area contributed by atoms with Crippen LogP contribution < -0.4 is 4.72 Å². The minimum Gasteiger partial charge on any atom is -0.359 e. The summed E-state index contributed by atoms with van der Waals surface area (Å²) in [5.74, 6) is 0.696. The zero-order chi connectivity index (χ0) is 15.9. The van der Waals surface area contributed by atoms with E-state index in [2.05, 4.69) is 15.0 Å². The van der Waals surface area contributed by atoms with E-state index in [-0.39, 0.29) is 10.8 Å². The first-order chi connectivity index (χ1) is 10.4. The molecule has 1 N–H and O–H groups in total. The van der Waals surface area contributed by atoms with Gasteiger partial charge in [0, 0.05) is 12.1 Å². The molecule has 2 aromatic rings. The first-order valence-electron chi connectivity index (χ1n) is 6.66. The highest BCUT2D eigenvalue weighted by Crippen LogP contribution is 2.44. The molecule has 120 valence electrons. The van der Waals surface area contributed by atoms with E-state index in [0.29, 0.717) is 17.1 Å². The smallest absolute Gasteiger partial charge is 0.265 e. The highest BCUT2D eigenvalue weighted by atomic mass is 32.2. The number of anilines is 1. The van der Waals surface area contributed by atoms with Crippen LogP contribution in [0.2, 0.25) is 0 Å². The van der Waals surface area contributed by atoms with Crippen molar-refractivity contribution in [3.05, 3.63) is 23.8 Å². The van der Waals surface area contributed by atoms with Crippen LogP contribution >= 0.6 is 0 Å². The summed E-state index contributed by atoms with van der Waals surface area (Å²) in [7, 11) is -3.93. The van der Waals surface area contributed by atoms with Crippen LogP contribution in [0.1, 0.15) is 30.2 Å². The first-order valence-corrected chi connectivity index (χ1v) is 8.14. The lowest BCUT2D eigenvalue weighted by molar-refractivity contribution is 0.121. The average Bonchev–Trinajstić information content (AvgIpc) is 3.05. The van der Waals surface area contributed by atoms with Crippen LogP contribution in [-0.4, -0.2) is 29.8 Å². The number of hydrogen-bond acceptors (Lipinski definition) is 5. The van der Waals surface area contributed by atoms with Crippen LogP contribution in [0.3, 0.4) is 0 Å². The van der Waals surface area contributed by atoms with E-state index >= 15 is 0 Å². The van der Waals surface area contributed by atoms with Gasteiger partial charge in [0.15, 0.2) is 5.76 Å². The summed E-state index contributed by atoms with van der Waals surface area (Å²) in [6, 6.07) is 0. The molecule has 0 atom stereocenters. The maximum absolute atomic E-state index is 12.3. The van der Waals surface area contributed by atoms with Gasteiger partial charge in [0.05, 0.1) is 6.20 Å². The molecule has 1 saturated carbocycles. The minimum atomic E-state index is -3.93. The Hall–Kier alpha value is -1.97. The Morgan fingerprint density at radius 2 is 2.23 bits per heavy atom. The number of aryl methyl sites for hydroxylation is 1. The molecule has 0 aromatic carbocycles.